The highest BCUT2D eigenvalue weighted by molar-refractivity contribution is 6.03. The molecule has 5 nitrogen and oxygen atoms in total. The van der Waals surface area contributed by atoms with Crippen LogP contribution in [0, 0.1) is 0 Å². The smallest absolute Gasteiger partial charge is 0.248 e. The maximum Gasteiger partial charge on any atom is 0.248 e. The van der Waals surface area contributed by atoms with E-state index < -0.39 is 11.8 Å². The molecule has 0 heterocycles. The summed E-state index contributed by atoms with van der Waals surface area (Å²) in [7, 11) is 1.56. The predicted molar refractivity (Wildman–Crippen MR) is 60.0 cm³/mol. The number of ether oxygens (including phenoxy) is 1. The van der Waals surface area contributed by atoms with E-state index in [-0.39, 0.29) is 0 Å². The normalized spacial score (nSPS) is 10.1. The van der Waals surface area contributed by atoms with Gasteiger partial charge in [-0.2, -0.15) is 0 Å². The van der Waals surface area contributed by atoms with E-state index in [0.29, 0.717) is 11.4 Å². The highest BCUT2D eigenvalue weighted by atomic mass is 16.5. The van der Waals surface area contributed by atoms with Crippen LogP contribution in [0.15, 0.2) is 36.4 Å². The van der Waals surface area contributed by atoms with Crippen LogP contribution in [-0.4, -0.2) is 18.9 Å². The van der Waals surface area contributed by atoms with Crippen molar-refractivity contribution in [3.63, 3.8) is 0 Å². The van der Waals surface area contributed by atoms with Crippen molar-refractivity contribution < 1.29 is 14.3 Å². The monoisotopic (exact) mass is 220 g/mol. The van der Waals surface area contributed by atoms with Crippen LogP contribution in [0.1, 0.15) is 0 Å². The average molecular weight is 220 g/mol. The molecule has 2 amide bonds. The summed E-state index contributed by atoms with van der Waals surface area (Å²) in [6.07, 6.45) is 2.07. The van der Waals surface area contributed by atoms with Gasteiger partial charge in [-0.15, -0.1) is 0 Å². The van der Waals surface area contributed by atoms with Crippen molar-refractivity contribution in [2.45, 2.75) is 0 Å². The SMILES string of the molecule is COc1ccc(NC(=O)/C=C/C(N)=O)cc1. The number of methoxy groups -OCH3 is 1. The lowest BCUT2D eigenvalue weighted by molar-refractivity contribution is -0.115. The molecular weight excluding hydrogens is 208 g/mol. The van der Waals surface area contributed by atoms with E-state index >= 15 is 0 Å². The Balaban J connectivity index is 2.59. The molecular formula is C11H12N2O3. The molecule has 0 saturated heterocycles. The van der Waals surface area contributed by atoms with Crippen LogP contribution in [0.5, 0.6) is 5.75 Å². The molecule has 1 rings (SSSR count). The third kappa shape index (κ3) is 3.83. The summed E-state index contributed by atoms with van der Waals surface area (Å²) in [6, 6.07) is 6.81. The molecule has 0 radical (unpaired) electrons. The van der Waals surface area contributed by atoms with E-state index in [1.807, 2.05) is 0 Å². The number of carbonyl (C=O) groups excluding carboxylic acids is 2. The number of nitrogens with two attached hydrogens (primary N) is 1. The second-order valence-electron chi connectivity index (χ2n) is 2.95. The van der Waals surface area contributed by atoms with Crippen molar-refractivity contribution in [3.8, 4) is 5.75 Å². The minimum absolute atomic E-state index is 0.413. The maximum atomic E-state index is 11.2. The van der Waals surface area contributed by atoms with Crippen LogP contribution in [-0.2, 0) is 9.59 Å². The molecule has 0 atom stereocenters. The minimum Gasteiger partial charge on any atom is -0.497 e. The van der Waals surface area contributed by atoms with E-state index in [2.05, 4.69) is 5.32 Å². The van der Waals surface area contributed by atoms with Crippen molar-refractivity contribution in [1.82, 2.24) is 0 Å². The van der Waals surface area contributed by atoms with Gasteiger partial charge in [0.25, 0.3) is 0 Å². The van der Waals surface area contributed by atoms with E-state index in [1.165, 1.54) is 0 Å². The molecule has 1 aromatic carbocycles. The highest BCUT2D eigenvalue weighted by Crippen LogP contribution is 2.14. The molecule has 0 aliphatic rings. The highest BCUT2D eigenvalue weighted by Gasteiger charge is 1.98. The summed E-state index contributed by atoms with van der Waals surface area (Å²) in [5, 5.41) is 2.56. The van der Waals surface area contributed by atoms with Crippen LogP contribution in [0.3, 0.4) is 0 Å². The first kappa shape index (κ1) is 11.8. The van der Waals surface area contributed by atoms with Gasteiger partial charge in [-0.3, -0.25) is 9.59 Å². The third-order valence-electron chi connectivity index (χ3n) is 1.76. The molecule has 16 heavy (non-hydrogen) atoms. The van der Waals surface area contributed by atoms with E-state index in [4.69, 9.17) is 10.5 Å². The Kier molecular flexibility index (Phi) is 4.08. The van der Waals surface area contributed by atoms with E-state index in [0.717, 1.165) is 12.2 Å². The molecule has 0 bridgehead atoms. The second-order valence-corrected chi connectivity index (χ2v) is 2.95. The molecule has 0 fully saturated rings. The van der Waals surface area contributed by atoms with Crippen LogP contribution in [0.4, 0.5) is 5.69 Å². The predicted octanol–water partition coefficient (Wildman–Crippen LogP) is 0.675. The van der Waals surface area contributed by atoms with Crippen LogP contribution in [0.2, 0.25) is 0 Å². The number of hydrogen-bond donors (Lipinski definition) is 2. The Hall–Kier alpha value is -2.30. The van der Waals surface area contributed by atoms with E-state index in [1.54, 1.807) is 31.4 Å². The molecule has 0 aliphatic carbocycles. The fourth-order valence-electron chi connectivity index (χ4n) is 1.02. The largest absolute Gasteiger partial charge is 0.497 e. The van der Waals surface area contributed by atoms with Crippen molar-refractivity contribution in [1.29, 1.82) is 0 Å². The number of hydrogen-bond acceptors (Lipinski definition) is 3. The summed E-state index contributed by atoms with van der Waals surface area (Å²) >= 11 is 0. The zero-order valence-corrected chi connectivity index (χ0v) is 8.77. The molecule has 0 saturated carbocycles. The summed E-state index contributed by atoms with van der Waals surface area (Å²) in [6.45, 7) is 0. The van der Waals surface area contributed by atoms with Gasteiger partial charge in [0.1, 0.15) is 5.75 Å². The molecule has 3 N–H and O–H groups in total. The maximum absolute atomic E-state index is 11.2. The van der Waals surface area contributed by atoms with Gasteiger partial charge >= 0.3 is 0 Å². The molecule has 5 heteroatoms. The Labute approximate surface area is 92.9 Å². The van der Waals surface area contributed by atoms with E-state index in [9.17, 15) is 9.59 Å². The topological polar surface area (TPSA) is 81.4 Å². The van der Waals surface area contributed by atoms with Crippen LogP contribution >= 0.6 is 0 Å². The summed E-state index contributed by atoms with van der Waals surface area (Å²) < 4.78 is 4.97. The molecule has 0 aliphatic heterocycles. The molecule has 1 aromatic rings. The zero-order valence-electron chi connectivity index (χ0n) is 8.77. The number of amides is 2. The van der Waals surface area contributed by atoms with Gasteiger partial charge in [0.15, 0.2) is 0 Å². The minimum atomic E-state index is -0.662. The van der Waals surface area contributed by atoms with Gasteiger partial charge in [-0.25, -0.2) is 0 Å². The standard InChI is InChI=1S/C11H12N2O3/c1-16-9-4-2-8(3-5-9)13-11(15)7-6-10(12)14/h2-7H,1H3,(H2,12,14)(H,13,15)/b7-6+. The van der Waals surface area contributed by atoms with Crippen molar-refractivity contribution >= 4 is 17.5 Å². The van der Waals surface area contributed by atoms with Crippen molar-refractivity contribution in [2.24, 2.45) is 5.73 Å². The number of benzene rings is 1. The molecule has 0 unspecified atom stereocenters. The molecule has 0 spiro atoms. The van der Waals surface area contributed by atoms with Gasteiger partial charge in [-0.05, 0) is 24.3 Å². The van der Waals surface area contributed by atoms with Crippen molar-refractivity contribution in [3.05, 3.63) is 36.4 Å². The van der Waals surface area contributed by atoms with Crippen LogP contribution in [0.25, 0.3) is 0 Å². The first-order chi connectivity index (χ1) is 7.61. The number of rotatable bonds is 4. The first-order valence-electron chi connectivity index (χ1n) is 4.54. The summed E-state index contributed by atoms with van der Waals surface area (Å²) in [4.78, 5) is 21.6. The lowest BCUT2D eigenvalue weighted by Crippen LogP contribution is -2.11. The summed E-state index contributed by atoms with van der Waals surface area (Å²) in [5.41, 5.74) is 5.46. The lowest BCUT2D eigenvalue weighted by atomic mass is 10.3. The third-order valence-corrected chi connectivity index (χ3v) is 1.76. The second kappa shape index (κ2) is 5.55. The Bertz CT molecular complexity index is 410. The first-order valence-corrected chi connectivity index (χ1v) is 4.54. The van der Waals surface area contributed by atoms with Gasteiger partial charge in [0.05, 0.1) is 7.11 Å². The summed E-state index contributed by atoms with van der Waals surface area (Å²) in [5.74, 6) is -0.375. The fraction of sp³-hybridized carbons (Fsp3) is 0.0909. The molecule has 0 aromatic heterocycles. The Morgan fingerprint density at radius 3 is 2.38 bits per heavy atom. The van der Waals surface area contributed by atoms with Gasteiger partial charge < -0.3 is 15.8 Å². The number of anilines is 1. The van der Waals surface area contributed by atoms with Crippen molar-refractivity contribution in [2.75, 3.05) is 12.4 Å². The Morgan fingerprint density at radius 2 is 1.88 bits per heavy atom. The fourth-order valence-corrected chi connectivity index (χ4v) is 1.02. The Morgan fingerprint density at radius 1 is 1.25 bits per heavy atom. The van der Waals surface area contributed by atoms with Crippen LogP contribution < -0.4 is 15.8 Å². The van der Waals surface area contributed by atoms with Gasteiger partial charge in [-0.1, -0.05) is 0 Å². The average Bonchev–Trinajstić information content (AvgIpc) is 2.27. The quantitative estimate of drug-likeness (QED) is 0.732. The number of nitrogens with one attached hydrogen (secondary N) is 1. The molecule has 84 valence electrons. The number of carbonyl (C=O) groups is 2. The van der Waals surface area contributed by atoms with Gasteiger partial charge in [0, 0.05) is 17.8 Å². The van der Waals surface area contributed by atoms with Gasteiger partial charge in [0.2, 0.25) is 11.8 Å². The number of primary amides is 1. The lowest BCUT2D eigenvalue weighted by Gasteiger charge is -2.03. The zero-order chi connectivity index (χ0) is 12.0.